The van der Waals surface area contributed by atoms with Crippen molar-refractivity contribution < 1.29 is 9.53 Å². The Labute approximate surface area is 120 Å². The van der Waals surface area contributed by atoms with Gasteiger partial charge in [0.1, 0.15) is 0 Å². The molecule has 2 rings (SSSR count). The summed E-state index contributed by atoms with van der Waals surface area (Å²) in [5, 5.41) is 0. The average Bonchev–Trinajstić information content (AvgIpc) is 2.93. The molecule has 1 saturated carbocycles. The molecular formula is C16H24N2O2. The molecule has 20 heavy (non-hydrogen) atoms. The van der Waals surface area contributed by atoms with Gasteiger partial charge in [0, 0.05) is 13.6 Å². The molecular weight excluding hydrogens is 252 g/mol. The van der Waals surface area contributed by atoms with E-state index < -0.39 is 0 Å². The number of nitrogen functional groups attached to an aromatic ring is 1. The number of nitrogens with two attached hydrogens (primary N) is 1. The lowest BCUT2D eigenvalue weighted by Gasteiger charge is -2.22. The summed E-state index contributed by atoms with van der Waals surface area (Å²) in [7, 11) is 1.86. The number of amides is 1. The summed E-state index contributed by atoms with van der Waals surface area (Å²) in [4.78, 5) is 14.4. The molecule has 0 aliphatic heterocycles. The van der Waals surface area contributed by atoms with Gasteiger partial charge in [-0.05, 0) is 37.8 Å². The van der Waals surface area contributed by atoms with Crippen molar-refractivity contribution in [3.8, 4) is 5.75 Å². The first-order chi connectivity index (χ1) is 9.63. The van der Waals surface area contributed by atoms with E-state index in [2.05, 4.69) is 0 Å². The molecule has 0 radical (unpaired) electrons. The van der Waals surface area contributed by atoms with E-state index in [-0.39, 0.29) is 5.91 Å². The largest absolute Gasteiger partial charge is 0.491 e. The van der Waals surface area contributed by atoms with Gasteiger partial charge < -0.3 is 15.4 Å². The standard InChI is InChI=1S/C16H24N2O2/c1-3-20-15-13(9-6-10-14(15)17)16(19)18(2)11-12-7-4-5-8-12/h6,9-10,12H,3-5,7-8,11,17H2,1-2H3. The number of anilines is 1. The lowest BCUT2D eigenvalue weighted by atomic mass is 10.1. The molecule has 0 bridgehead atoms. The van der Waals surface area contributed by atoms with Gasteiger partial charge in [-0.2, -0.15) is 0 Å². The normalized spacial score (nSPS) is 15.3. The molecule has 0 spiro atoms. The minimum absolute atomic E-state index is 0.00681. The van der Waals surface area contributed by atoms with Crippen LogP contribution in [0.15, 0.2) is 18.2 Å². The predicted molar refractivity (Wildman–Crippen MR) is 80.9 cm³/mol. The molecule has 0 heterocycles. The Kier molecular flexibility index (Phi) is 4.88. The highest BCUT2D eigenvalue weighted by Crippen LogP contribution is 2.29. The van der Waals surface area contributed by atoms with Crippen molar-refractivity contribution in [2.45, 2.75) is 32.6 Å². The van der Waals surface area contributed by atoms with Gasteiger partial charge in [-0.1, -0.05) is 18.9 Å². The molecule has 1 fully saturated rings. The number of carbonyl (C=O) groups is 1. The van der Waals surface area contributed by atoms with Gasteiger partial charge in [0.25, 0.3) is 5.91 Å². The molecule has 1 aliphatic rings. The van der Waals surface area contributed by atoms with E-state index in [9.17, 15) is 4.79 Å². The molecule has 110 valence electrons. The van der Waals surface area contributed by atoms with Crippen LogP contribution in [0.25, 0.3) is 0 Å². The third-order valence-electron chi connectivity index (χ3n) is 3.92. The van der Waals surface area contributed by atoms with Gasteiger partial charge in [-0.25, -0.2) is 0 Å². The van der Waals surface area contributed by atoms with Crippen molar-refractivity contribution in [3.05, 3.63) is 23.8 Å². The van der Waals surface area contributed by atoms with Crippen molar-refractivity contribution in [3.63, 3.8) is 0 Å². The predicted octanol–water partition coefficient (Wildman–Crippen LogP) is 2.93. The topological polar surface area (TPSA) is 55.6 Å². The lowest BCUT2D eigenvalue weighted by molar-refractivity contribution is 0.0769. The number of carbonyl (C=O) groups excluding carboxylic acids is 1. The molecule has 0 atom stereocenters. The Hall–Kier alpha value is -1.71. The Morgan fingerprint density at radius 2 is 2.10 bits per heavy atom. The fourth-order valence-corrected chi connectivity index (χ4v) is 2.90. The second-order valence-electron chi connectivity index (χ2n) is 5.49. The Morgan fingerprint density at radius 3 is 2.75 bits per heavy atom. The maximum Gasteiger partial charge on any atom is 0.257 e. The summed E-state index contributed by atoms with van der Waals surface area (Å²) >= 11 is 0. The summed E-state index contributed by atoms with van der Waals surface area (Å²) < 4.78 is 5.54. The summed E-state index contributed by atoms with van der Waals surface area (Å²) in [6, 6.07) is 5.35. The molecule has 1 aromatic carbocycles. The molecule has 2 N–H and O–H groups in total. The maximum atomic E-state index is 12.6. The molecule has 1 aromatic rings. The average molecular weight is 276 g/mol. The zero-order valence-electron chi connectivity index (χ0n) is 12.4. The zero-order valence-corrected chi connectivity index (χ0v) is 12.4. The fraction of sp³-hybridized carbons (Fsp3) is 0.562. The van der Waals surface area contributed by atoms with E-state index in [0.29, 0.717) is 29.5 Å². The second-order valence-corrected chi connectivity index (χ2v) is 5.49. The van der Waals surface area contributed by atoms with E-state index in [4.69, 9.17) is 10.5 Å². The number of rotatable bonds is 5. The molecule has 0 unspecified atom stereocenters. The van der Waals surface area contributed by atoms with E-state index in [1.54, 1.807) is 23.1 Å². The highest BCUT2D eigenvalue weighted by Gasteiger charge is 2.22. The van der Waals surface area contributed by atoms with Crippen LogP contribution in [0.1, 0.15) is 43.0 Å². The van der Waals surface area contributed by atoms with Gasteiger partial charge in [-0.3, -0.25) is 4.79 Å². The minimum Gasteiger partial charge on any atom is -0.491 e. The monoisotopic (exact) mass is 276 g/mol. The zero-order chi connectivity index (χ0) is 14.5. The summed E-state index contributed by atoms with van der Waals surface area (Å²) in [6.45, 7) is 3.21. The number of hydrogen-bond donors (Lipinski definition) is 1. The van der Waals surface area contributed by atoms with Gasteiger partial charge in [0.05, 0.1) is 17.9 Å². The molecule has 0 aromatic heterocycles. The Morgan fingerprint density at radius 1 is 1.40 bits per heavy atom. The first-order valence-electron chi connectivity index (χ1n) is 7.40. The van der Waals surface area contributed by atoms with Crippen LogP contribution in [-0.2, 0) is 0 Å². The lowest BCUT2D eigenvalue weighted by Crippen LogP contribution is -2.31. The van der Waals surface area contributed by atoms with Crippen molar-refractivity contribution in [2.24, 2.45) is 5.92 Å². The second kappa shape index (κ2) is 6.64. The van der Waals surface area contributed by atoms with Crippen LogP contribution in [0.2, 0.25) is 0 Å². The van der Waals surface area contributed by atoms with E-state index in [0.717, 1.165) is 6.54 Å². The van der Waals surface area contributed by atoms with Crippen molar-refractivity contribution in [1.29, 1.82) is 0 Å². The number of nitrogens with zero attached hydrogens (tertiary/aromatic N) is 1. The molecule has 1 aliphatic carbocycles. The van der Waals surface area contributed by atoms with Crippen LogP contribution < -0.4 is 10.5 Å². The van der Waals surface area contributed by atoms with E-state index >= 15 is 0 Å². The van der Waals surface area contributed by atoms with Crippen LogP contribution in [0.3, 0.4) is 0 Å². The third-order valence-corrected chi connectivity index (χ3v) is 3.92. The SMILES string of the molecule is CCOc1c(N)cccc1C(=O)N(C)CC1CCCC1. The van der Waals surface area contributed by atoms with E-state index in [1.807, 2.05) is 14.0 Å². The van der Waals surface area contributed by atoms with Gasteiger partial charge >= 0.3 is 0 Å². The maximum absolute atomic E-state index is 12.6. The van der Waals surface area contributed by atoms with Crippen LogP contribution in [-0.4, -0.2) is 31.0 Å². The van der Waals surface area contributed by atoms with Gasteiger partial charge in [0.2, 0.25) is 0 Å². The van der Waals surface area contributed by atoms with Gasteiger partial charge in [0.15, 0.2) is 5.75 Å². The smallest absolute Gasteiger partial charge is 0.257 e. The highest BCUT2D eigenvalue weighted by atomic mass is 16.5. The Balaban J connectivity index is 2.13. The number of para-hydroxylation sites is 1. The fourth-order valence-electron chi connectivity index (χ4n) is 2.90. The van der Waals surface area contributed by atoms with E-state index in [1.165, 1.54) is 25.7 Å². The molecule has 4 nitrogen and oxygen atoms in total. The summed E-state index contributed by atoms with van der Waals surface area (Å²) in [6.07, 6.45) is 5.03. The van der Waals surface area contributed by atoms with Gasteiger partial charge in [-0.15, -0.1) is 0 Å². The number of ether oxygens (including phenoxy) is 1. The number of hydrogen-bond acceptors (Lipinski definition) is 3. The quantitative estimate of drug-likeness (QED) is 0.841. The highest BCUT2D eigenvalue weighted by molar-refractivity contribution is 5.98. The first kappa shape index (κ1) is 14.7. The number of benzene rings is 1. The van der Waals surface area contributed by atoms with Crippen LogP contribution in [0.5, 0.6) is 5.75 Å². The van der Waals surface area contributed by atoms with Crippen LogP contribution in [0, 0.1) is 5.92 Å². The van der Waals surface area contributed by atoms with Crippen LogP contribution >= 0.6 is 0 Å². The first-order valence-corrected chi connectivity index (χ1v) is 7.40. The Bertz CT molecular complexity index is 468. The van der Waals surface area contributed by atoms with Crippen molar-refractivity contribution >= 4 is 11.6 Å². The summed E-state index contributed by atoms with van der Waals surface area (Å²) in [5.41, 5.74) is 7.00. The van der Waals surface area contributed by atoms with Crippen molar-refractivity contribution in [1.82, 2.24) is 4.90 Å². The van der Waals surface area contributed by atoms with Crippen LogP contribution in [0.4, 0.5) is 5.69 Å². The van der Waals surface area contributed by atoms with Crippen molar-refractivity contribution in [2.75, 3.05) is 25.9 Å². The summed E-state index contributed by atoms with van der Waals surface area (Å²) in [5.74, 6) is 1.14. The molecule has 4 heteroatoms. The third kappa shape index (κ3) is 3.24. The minimum atomic E-state index is -0.00681. The molecule has 0 saturated heterocycles. The molecule has 1 amide bonds.